The van der Waals surface area contributed by atoms with Crippen molar-refractivity contribution in [3.8, 4) is 0 Å². The lowest BCUT2D eigenvalue weighted by molar-refractivity contribution is 0.0952. The normalized spacial score (nSPS) is 12.5. The number of hydrogen-bond acceptors (Lipinski definition) is 7. The summed E-state index contributed by atoms with van der Waals surface area (Å²) in [6.07, 6.45) is 3.12. The maximum atomic E-state index is 12.9. The number of aromatic nitrogens is 1. The molecule has 0 saturated carbocycles. The third-order valence-electron chi connectivity index (χ3n) is 4.17. The second kappa shape index (κ2) is 13.9. The number of hydrazone groups is 1. The van der Waals surface area contributed by atoms with Gasteiger partial charge in [-0.3, -0.25) is 15.2 Å². The van der Waals surface area contributed by atoms with E-state index in [-0.39, 0.29) is 18.4 Å². The van der Waals surface area contributed by atoms with Gasteiger partial charge >= 0.3 is 0 Å². The number of hydrogen-bond donors (Lipinski definition) is 5. The number of rotatable bonds is 10. The fourth-order valence-electron chi connectivity index (χ4n) is 2.66. The molecule has 0 aliphatic heterocycles. The average molecular weight is 431 g/mol. The predicted molar refractivity (Wildman–Crippen MR) is 122 cm³/mol. The summed E-state index contributed by atoms with van der Waals surface area (Å²) >= 11 is 0. The smallest absolute Gasteiger partial charge is 0.253 e. The van der Waals surface area contributed by atoms with E-state index in [1.807, 2.05) is 26.8 Å². The summed E-state index contributed by atoms with van der Waals surface area (Å²) < 4.78 is 12.9. The van der Waals surface area contributed by atoms with Gasteiger partial charge in [0.2, 0.25) is 0 Å². The molecule has 1 aromatic carbocycles. The molecule has 2 unspecified atom stereocenters. The summed E-state index contributed by atoms with van der Waals surface area (Å²) in [7, 11) is 0. The summed E-state index contributed by atoms with van der Waals surface area (Å²) in [5.41, 5.74) is 11.0. The first-order valence-corrected chi connectivity index (χ1v) is 10.1. The third-order valence-corrected chi connectivity index (χ3v) is 4.17. The van der Waals surface area contributed by atoms with Gasteiger partial charge in [-0.05, 0) is 44.0 Å². The minimum absolute atomic E-state index is 0.240. The number of pyridine rings is 1. The highest BCUT2D eigenvalue weighted by molar-refractivity contribution is 6.14. The molecule has 6 N–H and O–H groups in total. The van der Waals surface area contributed by atoms with E-state index in [0.717, 1.165) is 18.0 Å². The van der Waals surface area contributed by atoms with Gasteiger partial charge in [0.15, 0.2) is 0 Å². The highest BCUT2D eigenvalue weighted by Crippen LogP contribution is 2.18. The maximum Gasteiger partial charge on any atom is 0.253 e. The Bertz CT molecular complexity index is 858. The first-order valence-electron chi connectivity index (χ1n) is 10.1. The molecule has 1 aromatic heterocycles. The summed E-state index contributed by atoms with van der Waals surface area (Å²) in [5, 5.41) is 23.7. The van der Waals surface area contributed by atoms with Crippen LogP contribution < -0.4 is 16.5 Å². The van der Waals surface area contributed by atoms with E-state index >= 15 is 0 Å². The standard InChI is InChI=1S/C20H25FN6O2.C2H6/c1-13-2-4-17(27-26-9-7-22)16(10-13)20(29)24-8-6-15(23)11-19(28)18-5-3-14(21)12-25-18;1-2/h2-5,7,9-10,12,15,19,22,27-28H,6,8,11,23H2,1H3,(H,24,29);1-2H3/b22-7?,26-9-;. The van der Waals surface area contributed by atoms with Crippen LogP contribution in [0.5, 0.6) is 0 Å². The van der Waals surface area contributed by atoms with Crippen LogP contribution in [0.2, 0.25) is 0 Å². The molecule has 0 aliphatic carbocycles. The van der Waals surface area contributed by atoms with Crippen molar-refractivity contribution in [2.24, 2.45) is 10.8 Å². The molecule has 0 fully saturated rings. The molecule has 0 aliphatic rings. The molecular formula is C22H31FN6O2. The second-order valence-corrected chi connectivity index (χ2v) is 6.56. The van der Waals surface area contributed by atoms with Crippen LogP contribution in [-0.2, 0) is 0 Å². The monoisotopic (exact) mass is 430 g/mol. The van der Waals surface area contributed by atoms with Crippen LogP contribution in [0.3, 0.4) is 0 Å². The molecule has 1 heterocycles. The Morgan fingerprint density at radius 2 is 2.10 bits per heavy atom. The molecule has 9 heteroatoms. The van der Waals surface area contributed by atoms with Crippen molar-refractivity contribution in [1.82, 2.24) is 10.3 Å². The summed E-state index contributed by atoms with van der Waals surface area (Å²) in [6, 6.07) is 7.60. The number of benzene rings is 1. The third kappa shape index (κ3) is 9.02. The highest BCUT2D eigenvalue weighted by Gasteiger charge is 2.16. The molecule has 2 aromatic rings. The zero-order chi connectivity index (χ0) is 23.2. The number of aliphatic hydroxyl groups excluding tert-OH is 1. The minimum atomic E-state index is -0.902. The van der Waals surface area contributed by atoms with Crippen molar-refractivity contribution in [2.75, 3.05) is 12.0 Å². The number of anilines is 1. The second-order valence-electron chi connectivity index (χ2n) is 6.56. The number of carbonyl (C=O) groups excluding carboxylic acids is 1. The van der Waals surface area contributed by atoms with Crippen molar-refractivity contribution in [2.45, 2.75) is 45.8 Å². The summed E-state index contributed by atoms with van der Waals surface area (Å²) in [5.74, 6) is -0.754. The van der Waals surface area contributed by atoms with Crippen LogP contribution >= 0.6 is 0 Å². The average Bonchev–Trinajstić information content (AvgIpc) is 2.76. The van der Waals surface area contributed by atoms with Gasteiger partial charge in [-0.15, -0.1) is 0 Å². The number of aliphatic hydroxyl groups is 1. The van der Waals surface area contributed by atoms with Crippen molar-refractivity contribution < 1.29 is 14.3 Å². The molecule has 0 bridgehead atoms. The van der Waals surface area contributed by atoms with E-state index < -0.39 is 11.9 Å². The van der Waals surface area contributed by atoms with Gasteiger partial charge in [0, 0.05) is 18.8 Å². The van der Waals surface area contributed by atoms with Gasteiger partial charge in [-0.2, -0.15) is 5.10 Å². The lowest BCUT2D eigenvalue weighted by Gasteiger charge is -2.17. The fraction of sp³-hybridized carbons (Fsp3) is 0.364. The van der Waals surface area contributed by atoms with Crippen LogP contribution in [0.25, 0.3) is 0 Å². The molecule has 2 rings (SSSR count). The Morgan fingerprint density at radius 3 is 2.74 bits per heavy atom. The SMILES string of the molecule is CC.Cc1ccc(N/N=C\C=N)c(C(=O)NCCC(N)CC(O)c2ccc(F)cn2)c1. The number of aryl methyl sites for hydroxylation is 1. The van der Waals surface area contributed by atoms with Gasteiger partial charge in [0.1, 0.15) is 5.82 Å². The first-order chi connectivity index (χ1) is 14.9. The molecular weight excluding hydrogens is 399 g/mol. The van der Waals surface area contributed by atoms with Crippen LogP contribution in [0, 0.1) is 18.2 Å². The maximum absolute atomic E-state index is 12.9. The largest absolute Gasteiger partial charge is 0.387 e. The number of nitrogens with zero attached hydrogens (tertiary/aromatic N) is 2. The van der Waals surface area contributed by atoms with E-state index in [1.165, 1.54) is 18.3 Å². The van der Waals surface area contributed by atoms with Crippen molar-refractivity contribution in [3.63, 3.8) is 0 Å². The van der Waals surface area contributed by atoms with Gasteiger partial charge < -0.3 is 21.6 Å². The molecule has 31 heavy (non-hydrogen) atoms. The fourth-order valence-corrected chi connectivity index (χ4v) is 2.66. The zero-order valence-electron chi connectivity index (χ0n) is 18.1. The molecule has 8 nitrogen and oxygen atoms in total. The summed E-state index contributed by atoms with van der Waals surface area (Å²) in [6.45, 7) is 6.20. The Morgan fingerprint density at radius 1 is 1.35 bits per heavy atom. The Labute approximate surface area is 182 Å². The lowest BCUT2D eigenvalue weighted by Crippen LogP contribution is -2.31. The predicted octanol–water partition coefficient (Wildman–Crippen LogP) is 3.17. The van der Waals surface area contributed by atoms with Gasteiger partial charge in [0.05, 0.1) is 35.5 Å². The number of carbonyl (C=O) groups is 1. The van der Waals surface area contributed by atoms with E-state index in [9.17, 15) is 14.3 Å². The Balaban J connectivity index is 0.00000233. The molecule has 1 amide bonds. The van der Waals surface area contributed by atoms with E-state index in [2.05, 4.69) is 20.8 Å². The Kier molecular flexibility index (Phi) is 11.6. The number of nitrogens with two attached hydrogens (primary N) is 1. The topological polar surface area (TPSA) is 136 Å². The van der Waals surface area contributed by atoms with E-state index in [0.29, 0.717) is 29.9 Å². The first kappa shape index (κ1) is 25.9. The molecule has 168 valence electrons. The van der Waals surface area contributed by atoms with Crippen LogP contribution in [0.4, 0.5) is 10.1 Å². The van der Waals surface area contributed by atoms with Gasteiger partial charge in [-0.1, -0.05) is 25.5 Å². The number of nitrogens with one attached hydrogen (secondary N) is 3. The lowest BCUT2D eigenvalue weighted by atomic mass is 10.0. The number of halogens is 1. The van der Waals surface area contributed by atoms with Crippen molar-refractivity contribution in [1.29, 1.82) is 5.41 Å². The van der Waals surface area contributed by atoms with Crippen molar-refractivity contribution in [3.05, 3.63) is 59.2 Å². The van der Waals surface area contributed by atoms with Gasteiger partial charge in [-0.25, -0.2) is 4.39 Å². The van der Waals surface area contributed by atoms with E-state index in [4.69, 9.17) is 11.1 Å². The van der Waals surface area contributed by atoms with Crippen molar-refractivity contribution >= 4 is 24.0 Å². The molecule has 0 spiro atoms. The zero-order valence-corrected chi connectivity index (χ0v) is 18.1. The van der Waals surface area contributed by atoms with Gasteiger partial charge in [0.25, 0.3) is 5.91 Å². The van der Waals surface area contributed by atoms with Crippen LogP contribution in [0.1, 0.15) is 54.4 Å². The highest BCUT2D eigenvalue weighted by atomic mass is 19.1. The van der Waals surface area contributed by atoms with Crippen LogP contribution in [0.15, 0.2) is 41.6 Å². The molecule has 0 saturated heterocycles. The quantitative estimate of drug-likeness (QED) is 0.291. The molecule has 2 atom stereocenters. The number of amides is 1. The molecule has 0 radical (unpaired) electrons. The van der Waals surface area contributed by atoms with Crippen LogP contribution in [-0.4, -0.2) is 41.0 Å². The summed E-state index contributed by atoms with van der Waals surface area (Å²) in [4.78, 5) is 16.4. The minimum Gasteiger partial charge on any atom is -0.387 e. The Hall–Kier alpha value is -3.17. The van der Waals surface area contributed by atoms with E-state index in [1.54, 1.807) is 12.1 Å².